The van der Waals surface area contributed by atoms with E-state index in [0.717, 1.165) is 17.8 Å². The van der Waals surface area contributed by atoms with Gasteiger partial charge in [0.2, 0.25) is 0 Å². The summed E-state index contributed by atoms with van der Waals surface area (Å²) in [6.07, 6.45) is 25.0. The third kappa shape index (κ3) is 17.0. The van der Waals surface area contributed by atoms with E-state index in [0.29, 0.717) is 18.6 Å². The molecule has 1 N–H and O–H groups in total. The van der Waals surface area contributed by atoms with Gasteiger partial charge in [0.1, 0.15) is 5.75 Å². The predicted molar refractivity (Wildman–Crippen MR) is 159 cm³/mol. The van der Waals surface area contributed by atoms with Crippen LogP contribution in [-0.4, -0.2) is 12.5 Å². The van der Waals surface area contributed by atoms with Gasteiger partial charge in [-0.2, -0.15) is 0 Å². The number of aryl methyl sites for hydroxylation is 1. The third-order valence-corrected chi connectivity index (χ3v) is 7.16. The van der Waals surface area contributed by atoms with E-state index in [2.05, 4.69) is 36.5 Å². The van der Waals surface area contributed by atoms with Crippen LogP contribution in [0.3, 0.4) is 0 Å². The maximum atomic E-state index is 12.0. The first-order valence-corrected chi connectivity index (χ1v) is 15.4. The van der Waals surface area contributed by atoms with Crippen LogP contribution in [0.15, 0.2) is 54.6 Å². The Morgan fingerprint density at radius 3 is 1.62 bits per heavy atom. The summed E-state index contributed by atoms with van der Waals surface area (Å²) >= 11 is 0. The highest BCUT2D eigenvalue weighted by Gasteiger charge is 2.05. The minimum Gasteiger partial charge on any atom is -0.427 e. The number of benzene rings is 2. The first kappa shape index (κ1) is 30.9. The van der Waals surface area contributed by atoms with Crippen LogP contribution in [0.2, 0.25) is 0 Å². The van der Waals surface area contributed by atoms with Crippen LogP contribution in [0.4, 0.5) is 5.69 Å². The normalized spacial score (nSPS) is 10.9. The van der Waals surface area contributed by atoms with Gasteiger partial charge in [-0.3, -0.25) is 4.79 Å². The van der Waals surface area contributed by atoms with Crippen molar-refractivity contribution in [2.45, 2.75) is 129 Å². The number of unbranched alkanes of at least 4 members (excludes halogenated alkanes) is 16. The summed E-state index contributed by atoms with van der Waals surface area (Å²) in [4.78, 5) is 12.0. The highest BCUT2D eigenvalue weighted by atomic mass is 16.5. The summed E-state index contributed by atoms with van der Waals surface area (Å²) in [5.74, 6) is 0.420. The molecule has 0 fully saturated rings. The van der Waals surface area contributed by atoms with Crippen molar-refractivity contribution in [1.29, 1.82) is 0 Å². The van der Waals surface area contributed by atoms with E-state index in [9.17, 15) is 4.79 Å². The van der Waals surface area contributed by atoms with E-state index >= 15 is 0 Å². The maximum Gasteiger partial charge on any atom is 0.311 e. The quantitative estimate of drug-likeness (QED) is 0.0923. The number of ether oxygens (including phenoxy) is 1. The number of esters is 1. The summed E-state index contributed by atoms with van der Waals surface area (Å²) in [7, 11) is 0. The van der Waals surface area contributed by atoms with Crippen molar-refractivity contribution in [3.63, 3.8) is 0 Å². The summed E-state index contributed by atoms with van der Waals surface area (Å²) in [5, 5.41) is 3.53. The molecular weight excluding hydrogens is 454 g/mol. The average Bonchev–Trinajstić information content (AvgIpc) is 2.92. The van der Waals surface area contributed by atoms with Gasteiger partial charge in [-0.15, -0.1) is 0 Å². The minimum atomic E-state index is -0.188. The van der Waals surface area contributed by atoms with Crippen LogP contribution >= 0.6 is 0 Å². The van der Waals surface area contributed by atoms with Crippen molar-refractivity contribution in [3.05, 3.63) is 60.2 Å². The van der Waals surface area contributed by atoms with Crippen molar-refractivity contribution >= 4 is 11.7 Å². The van der Waals surface area contributed by atoms with E-state index in [4.69, 9.17) is 4.74 Å². The van der Waals surface area contributed by atoms with Crippen LogP contribution < -0.4 is 10.1 Å². The predicted octanol–water partition coefficient (Wildman–Crippen LogP) is 10.3. The Kier molecular flexibility index (Phi) is 18.2. The third-order valence-electron chi connectivity index (χ3n) is 7.16. The zero-order valence-corrected chi connectivity index (χ0v) is 23.7. The van der Waals surface area contributed by atoms with E-state index in [1.54, 1.807) is 12.1 Å². The van der Waals surface area contributed by atoms with Crippen LogP contribution in [0.25, 0.3) is 0 Å². The van der Waals surface area contributed by atoms with E-state index < -0.39 is 0 Å². The van der Waals surface area contributed by atoms with Crippen LogP contribution in [-0.2, 0) is 11.2 Å². The van der Waals surface area contributed by atoms with Crippen LogP contribution in [0.1, 0.15) is 128 Å². The molecule has 0 aliphatic carbocycles. The smallest absolute Gasteiger partial charge is 0.311 e. The number of carbonyl (C=O) groups is 1. The second kappa shape index (κ2) is 21.8. The van der Waals surface area contributed by atoms with Gasteiger partial charge >= 0.3 is 5.97 Å². The molecule has 0 unspecified atom stereocenters. The molecule has 37 heavy (non-hydrogen) atoms. The molecule has 0 aliphatic rings. The molecule has 0 aromatic heterocycles. The molecule has 0 saturated carbocycles. The zero-order valence-electron chi connectivity index (χ0n) is 23.7. The fourth-order valence-corrected chi connectivity index (χ4v) is 4.79. The van der Waals surface area contributed by atoms with Gasteiger partial charge in [0, 0.05) is 18.7 Å². The summed E-state index contributed by atoms with van der Waals surface area (Å²) in [5.41, 5.74) is 2.32. The molecule has 206 valence electrons. The van der Waals surface area contributed by atoms with E-state index in [1.807, 2.05) is 18.2 Å². The lowest BCUT2D eigenvalue weighted by atomic mass is 10.0. The van der Waals surface area contributed by atoms with Crippen LogP contribution in [0, 0.1) is 0 Å². The largest absolute Gasteiger partial charge is 0.427 e. The molecule has 0 amide bonds. The van der Waals surface area contributed by atoms with Crippen molar-refractivity contribution in [1.82, 2.24) is 0 Å². The number of hydrogen-bond donors (Lipinski definition) is 1. The number of anilines is 1. The summed E-state index contributed by atoms with van der Waals surface area (Å²) in [6, 6.07) is 17.7. The van der Waals surface area contributed by atoms with Crippen molar-refractivity contribution < 1.29 is 9.53 Å². The zero-order chi connectivity index (χ0) is 26.2. The van der Waals surface area contributed by atoms with E-state index in [-0.39, 0.29) is 5.97 Å². The van der Waals surface area contributed by atoms with E-state index in [1.165, 1.54) is 109 Å². The molecule has 0 heterocycles. The highest BCUT2D eigenvalue weighted by Crippen LogP contribution is 2.16. The molecule has 0 radical (unpaired) electrons. The molecule has 0 bridgehead atoms. The van der Waals surface area contributed by atoms with Gasteiger partial charge < -0.3 is 10.1 Å². The van der Waals surface area contributed by atoms with Gasteiger partial charge in [-0.05, 0) is 42.7 Å². The number of rotatable bonds is 23. The molecule has 2 aromatic carbocycles. The van der Waals surface area contributed by atoms with Crippen molar-refractivity contribution in [3.8, 4) is 5.75 Å². The molecule has 0 spiro atoms. The monoisotopic (exact) mass is 507 g/mol. The van der Waals surface area contributed by atoms with Gasteiger partial charge in [-0.1, -0.05) is 140 Å². The first-order valence-electron chi connectivity index (χ1n) is 15.4. The molecule has 2 aromatic rings. The fraction of sp³-hybridized carbons (Fsp3) is 0.618. The number of nitrogens with one attached hydrogen (secondary N) is 1. The fourth-order valence-electron chi connectivity index (χ4n) is 4.79. The molecule has 0 atom stereocenters. The average molecular weight is 508 g/mol. The molecule has 3 nitrogen and oxygen atoms in total. The Morgan fingerprint density at radius 2 is 1.11 bits per heavy atom. The Bertz CT molecular complexity index is 787. The number of para-hydroxylation sites is 1. The number of hydrogen-bond acceptors (Lipinski definition) is 3. The van der Waals surface area contributed by atoms with Crippen molar-refractivity contribution in [2.75, 3.05) is 11.9 Å². The lowest BCUT2D eigenvalue weighted by Crippen LogP contribution is -2.09. The Labute approximate surface area is 227 Å². The SMILES string of the molecule is CCCCCCCCCCCCCCCCCCCNc1ccc(CCC(=O)Oc2ccccc2)cc1. The molecule has 0 saturated heterocycles. The van der Waals surface area contributed by atoms with Crippen LogP contribution in [0.5, 0.6) is 5.75 Å². The summed E-state index contributed by atoms with van der Waals surface area (Å²) < 4.78 is 5.35. The second-order valence-electron chi connectivity index (χ2n) is 10.6. The lowest BCUT2D eigenvalue weighted by molar-refractivity contribution is -0.134. The molecule has 2 rings (SSSR count). The Balaban J connectivity index is 1.35. The first-order chi connectivity index (χ1) is 18.3. The van der Waals surface area contributed by atoms with Gasteiger partial charge in [0.05, 0.1) is 0 Å². The van der Waals surface area contributed by atoms with Gasteiger partial charge in [0.25, 0.3) is 0 Å². The molecular formula is C34H53NO2. The standard InChI is InChI=1S/C34H53NO2/c1-2-3-4-5-6-7-8-9-10-11-12-13-14-15-16-17-21-30-35-32-27-24-31(25-28-32)26-29-34(36)37-33-22-19-18-20-23-33/h18-20,22-25,27-28,35H,2-17,21,26,29-30H2,1H3. The van der Waals surface area contributed by atoms with Gasteiger partial charge in [-0.25, -0.2) is 0 Å². The second-order valence-corrected chi connectivity index (χ2v) is 10.6. The van der Waals surface area contributed by atoms with Gasteiger partial charge in [0.15, 0.2) is 0 Å². The molecule has 0 aliphatic heterocycles. The highest BCUT2D eigenvalue weighted by molar-refractivity contribution is 5.72. The topological polar surface area (TPSA) is 38.3 Å². The van der Waals surface area contributed by atoms with Crippen molar-refractivity contribution in [2.24, 2.45) is 0 Å². The lowest BCUT2D eigenvalue weighted by Gasteiger charge is -2.08. The molecule has 3 heteroatoms. The minimum absolute atomic E-state index is 0.188. The summed E-state index contributed by atoms with van der Waals surface area (Å²) in [6.45, 7) is 3.32. The Morgan fingerprint density at radius 1 is 0.622 bits per heavy atom. The maximum absolute atomic E-state index is 12.0. The number of carbonyl (C=O) groups excluding carboxylic acids is 1. The Hall–Kier alpha value is -2.29.